The lowest BCUT2D eigenvalue weighted by Gasteiger charge is -2.31. The van der Waals surface area contributed by atoms with Gasteiger partial charge in [-0.25, -0.2) is 9.78 Å². The average molecular weight is 408 g/mol. The highest BCUT2D eigenvalue weighted by Crippen LogP contribution is 2.41. The highest BCUT2D eigenvalue weighted by Gasteiger charge is 2.45. The van der Waals surface area contributed by atoms with Crippen LogP contribution in [0, 0.1) is 0 Å². The van der Waals surface area contributed by atoms with Gasteiger partial charge in [0.2, 0.25) is 0 Å². The smallest absolute Gasteiger partial charge is 0.343 e. The van der Waals surface area contributed by atoms with Crippen molar-refractivity contribution in [2.24, 2.45) is 0 Å². The number of pyridine rings is 2. The number of carbonyl (C=O) groups excluding carboxylic acids is 1. The molecule has 0 aliphatic carbocycles. The molecule has 2 aliphatic rings. The first-order valence-electron chi connectivity index (χ1n) is 9.77. The molecule has 0 saturated carbocycles. The summed E-state index contributed by atoms with van der Waals surface area (Å²) in [5.41, 5.74) is 1.07. The van der Waals surface area contributed by atoms with Crippen LogP contribution in [0.4, 0.5) is 0 Å². The summed E-state index contributed by atoms with van der Waals surface area (Å²) in [6.07, 6.45) is -0.791. The number of aromatic nitrogens is 2. The maximum absolute atomic E-state index is 13.2. The Balaban J connectivity index is 1.85. The SMILES string of the molecule is CC[C@@]1(O)C(=O)OCc2c1cc1n(c2=O)Cc2c-1nc1ccc(O)cc1c2[C@H](C)O. The van der Waals surface area contributed by atoms with E-state index in [9.17, 15) is 24.9 Å². The molecule has 2 aromatic heterocycles. The lowest BCUT2D eigenvalue weighted by molar-refractivity contribution is -0.172. The molecule has 0 unspecified atom stereocenters. The Bertz CT molecular complexity index is 1310. The van der Waals surface area contributed by atoms with E-state index >= 15 is 0 Å². The van der Waals surface area contributed by atoms with E-state index in [0.29, 0.717) is 33.4 Å². The number of hydrogen-bond donors (Lipinski definition) is 3. The predicted molar refractivity (Wildman–Crippen MR) is 107 cm³/mol. The van der Waals surface area contributed by atoms with Crippen molar-refractivity contribution in [1.82, 2.24) is 9.55 Å². The van der Waals surface area contributed by atoms with Crippen molar-refractivity contribution in [1.29, 1.82) is 0 Å². The molecule has 2 aliphatic heterocycles. The van der Waals surface area contributed by atoms with E-state index in [4.69, 9.17) is 4.74 Å². The van der Waals surface area contributed by atoms with E-state index < -0.39 is 17.7 Å². The summed E-state index contributed by atoms with van der Waals surface area (Å²) in [5.74, 6) is -0.718. The normalized spacial score (nSPS) is 20.5. The number of phenolic OH excluding ortho intramolecular Hbond substituents is 1. The molecule has 2 atom stereocenters. The van der Waals surface area contributed by atoms with Crippen LogP contribution in [0.3, 0.4) is 0 Å². The minimum Gasteiger partial charge on any atom is -0.508 e. The van der Waals surface area contributed by atoms with Crippen LogP contribution in [-0.2, 0) is 28.3 Å². The van der Waals surface area contributed by atoms with Gasteiger partial charge in [0.05, 0.1) is 35.1 Å². The van der Waals surface area contributed by atoms with Crippen LogP contribution < -0.4 is 5.56 Å². The second-order valence-corrected chi connectivity index (χ2v) is 7.83. The second-order valence-electron chi connectivity index (χ2n) is 7.83. The number of carbonyl (C=O) groups is 1. The molecular formula is C22H20N2O6. The van der Waals surface area contributed by atoms with E-state index in [1.54, 1.807) is 32.0 Å². The minimum absolute atomic E-state index is 0.0537. The van der Waals surface area contributed by atoms with Crippen molar-refractivity contribution in [3.05, 3.63) is 56.9 Å². The summed E-state index contributed by atoms with van der Waals surface area (Å²) in [5, 5.41) is 32.0. The van der Waals surface area contributed by atoms with Gasteiger partial charge in [-0.1, -0.05) is 6.92 Å². The Labute approximate surface area is 171 Å². The van der Waals surface area contributed by atoms with Gasteiger partial charge >= 0.3 is 5.97 Å². The molecule has 0 radical (unpaired) electrons. The molecule has 5 rings (SSSR count). The van der Waals surface area contributed by atoms with Crippen molar-refractivity contribution in [3.8, 4) is 17.1 Å². The van der Waals surface area contributed by atoms with E-state index in [1.165, 1.54) is 10.6 Å². The number of aromatic hydroxyl groups is 1. The van der Waals surface area contributed by atoms with Crippen molar-refractivity contribution in [3.63, 3.8) is 0 Å². The number of phenols is 1. The number of esters is 1. The van der Waals surface area contributed by atoms with Gasteiger partial charge in [-0.2, -0.15) is 0 Å². The number of nitrogens with zero attached hydrogens (tertiary/aromatic N) is 2. The molecular weight excluding hydrogens is 388 g/mol. The lowest BCUT2D eigenvalue weighted by atomic mass is 9.86. The number of cyclic esters (lactones) is 1. The summed E-state index contributed by atoms with van der Waals surface area (Å²) in [6.45, 7) is 3.27. The average Bonchev–Trinajstić information content (AvgIpc) is 3.07. The van der Waals surface area contributed by atoms with Gasteiger partial charge in [0.1, 0.15) is 12.4 Å². The highest BCUT2D eigenvalue weighted by atomic mass is 16.6. The van der Waals surface area contributed by atoms with Crippen molar-refractivity contribution >= 4 is 16.9 Å². The molecule has 8 nitrogen and oxygen atoms in total. The first-order chi connectivity index (χ1) is 14.3. The molecule has 1 aromatic carbocycles. The Kier molecular flexibility index (Phi) is 3.84. The number of rotatable bonds is 2. The number of hydrogen-bond acceptors (Lipinski definition) is 7. The van der Waals surface area contributed by atoms with Crippen molar-refractivity contribution < 1.29 is 24.9 Å². The largest absolute Gasteiger partial charge is 0.508 e. The summed E-state index contributed by atoms with van der Waals surface area (Å²) in [7, 11) is 0. The molecule has 0 saturated heterocycles. The Morgan fingerprint density at radius 2 is 2.03 bits per heavy atom. The second kappa shape index (κ2) is 6.13. The van der Waals surface area contributed by atoms with Crippen molar-refractivity contribution in [2.75, 3.05) is 0 Å². The minimum atomic E-state index is -1.89. The van der Waals surface area contributed by atoms with Gasteiger partial charge in [0, 0.05) is 16.5 Å². The fraction of sp³-hybridized carbons (Fsp3) is 0.318. The maximum Gasteiger partial charge on any atom is 0.343 e. The Morgan fingerprint density at radius 3 is 2.73 bits per heavy atom. The maximum atomic E-state index is 13.2. The van der Waals surface area contributed by atoms with E-state index in [1.807, 2.05) is 0 Å². The van der Waals surface area contributed by atoms with E-state index in [0.717, 1.165) is 0 Å². The van der Waals surface area contributed by atoms with Crippen LogP contribution in [-0.4, -0.2) is 30.8 Å². The zero-order valence-corrected chi connectivity index (χ0v) is 16.5. The van der Waals surface area contributed by atoms with Crippen LogP contribution in [0.1, 0.15) is 48.6 Å². The quantitative estimate of drug-likeness (QED) is 0.433. The molecule has 154 valence electrons. The molecule has 3 aromatic rings. The zero-order valence-electron chi connectivity index (χ0n) is 16.5. The molecule has 0 bridgehead atoms. The van der Waals surface area contributed by atoms with Gasteiger partial charge in [0.15, 0.2) is 5.60 Å². The molecule has 8 heteroatoms. The first kappa shape index (κ1) is 18.8. The Morgan fingerprint density at radius 1 is 1.27 bits per heavy atom. The monoisotopic (exact) mass is 408 g/mol. The highest BCUT2D eigenvalue weighted by molar-refractivity contribution is 5.90. The van der Waals surface area contributed by atoms with Crippen LogP contribution in [0.15, 0.2) is 29.1 Å². The number of ether oxygens (including phenoxy) is 1. The van der Waals surface area contributed by atoms with Crippen LogP contribution >= 0.6 is 0 Å². The number of fused-ring (bicyclic) bond motifs is 5. The predicted octanol–water partition coefficient (Wildman–Crippen LogP) is 1.84. The van der Waals surface area contributed by atoms with Gasteiger partial charge < -0.3 is 24.6 Å². The van der Waals surface area contributed by atoms with Gasteiger partial charge in [-0.3, -0.25) is 4.79 Å². The van der Waals surface area contributed by atoms with Gasteiger partial charge in [0.25, 0.3) is 5.56 Å². The van der Waals surface area contributed by atoms with Crippen molar-refractivity contribution in [2.45, 2.75) is 45.1 Å². The standard InChI is InChI=1S/C22H20N2O6/c1-3-22(29)15-7-17-19-13(8-24(17)20(27)14(15)9-30-21(22)28)18(10(2)25)12-6-11(26)4-5-16(12)23-19/h4-7,10,25-26,29H,3,8-9H2,1-2H3/t10-,22-/m0/s1. The fourth-order valence-electron chi connectivity index (χ4n) is 4.58. The van der Waals surface area contributed by atoms with Crippen LogP contribution in [0.2, 0.25) is 0 Å². The Hall–Kier alpha value is -3.23. The van der Waals surface area contributed by atoms with Crippen LogP contribution in [0.5, 0.6) is 5.75 Å². The van der Waals surface area contributed by atoms with Gasteiger partial charge in [-0.05, 0) is 43.2 Å². The third-order valence-corrected chi connectivity index (χ3v) is 6.13. The molecule has 0 amide bonds. The summed E-state index contributed by atoms with van der Waals surface area (Å²) in [6, 6.07) is 6.34. The summed E-state index contributed by atoms with van der Waals surface area (Å²) >= 11 is 0. The molecule has 4 heterocycles. The summed E-state index contributed by atoms with van der Waals surface area (Å²) < 4.78 is 6.61. The topological polar surface area (TPSA) is 122 Å². The van der Waals surface area contributed by atoms with E-state index in [-0.39, 0.29) is 42.0 Å². The molecule has 30 heavy (non-hydrogen) atoms. The molecule has 0 fully saturated rings. The number of benzene rings is 1. The molecule has 3 N–H and O–H groups in total. The molecule has 0 spiro atoms. The van der Waals surface area contributed by atoms with Crippen LogP contribution in [0.25, 0.3) is 22.3 Å². The third-order valence-electron chi connectivity index (χ3n) is 6.13. The van der Waals surface area contributed by atoms with Gasteiger partial charge in [-0.15, -0.1) is 0 Å². The zero-order chi connectivity index (χ0) is 21.4. The summed E-state index contributed by atoms with van der Waals surface area (Å²) in [4.78, 5) is 30.2. The third kappa shape index (κ3) is 2.31. The lowest BCUT2D eigenvalue weighted by Crippen LogP contribution is -2.44. The number of aliphatic hydroxyl groups excluding tert-OH is 1. The fourth-order valence-corrected chi connectivity index (χ4v) is 4.58. The van der Waals surface area contributed by atoms with E-state index in [2.05, 4.69) is 4.98 Å². The first-order valence-corrected chi connectivity index (χ1v) is 9.77. The number of aliphatic hydroxyl groups is 2.